The van der Waals surface area contributed by atoms with E-state index in [4.69, 9.17) is 0 Å². The Hall–Kier alpha value is -2.08. The molecule has 0 atom stereocenters. The molecule has 6 N–H and O–H groups in total. The molecule has 0 saturated carbocycles. The Bertz CT molecular complexity index is 687. The topological polar surface area (TPSA) is 134 Å². The van der Waals surface area contributed by atoms with Gasteiger partial charge < -0.3 is 15.7 Å². The van der Waals surface area contributed by atoms with Crippen LogP contribution in [0, 0.1) is 5.82 Å². The molecular weight excluding hydrogens is 355 g/mol. The van der Waals surface area contributed by atoms with Gasteiger partial charge in [-0.05, 0) is 49.0 Å². The molecule has 0 bridgehead atoms. The monoisotopic (exact) mass is 374 g/mol. The number of phenols is 1. The van der Waals surface area contributed by atoms with Crippen LogP contribution in [-0.2, 0) is 4.79 Å². The van der Waals surface area contributed by atoms with Crippen molar-refractivity contribution in [1.29, 1.82) is 0 Å². The molecule has 0 aliphatic carbocycles. The predicted molar refractivity (Wildman–Crippen MR) is 89.8 cm³/mol. The second-order valence-electron chi connectivity index (χ2n) is 5.90. The van der Waals surface area contributed by atoms with E-state index in [1.807, 2.05) is 4.72 Å². The van der Waals surface area contributed by atoms with Gasteiger partial charge in [0.25, 0.3) is 11.8 Å². The molecule has 11 heteroatoms. The number of phenolic OH excluding ortho intramolecular Hbond substituents is 1. The largest absolute Gasteiger partial charge is 0.506 e. The van der Waals surface area contributed by atoms with Crippen molar-refractivity contribution in [2.75, 3.05) is 23.9 Å². The van der Waals surface area contributed by atoms with Gasteiger partial charge in [-0.3, -0.25) is 18.7 Å². The number of nitrogens with zero attached hydrogens (tertiary/aromatic N) is 1. The van der Waals surface area contributed by atoms with Crippen LogP contribution < -0.4 is 19.7 Å². The van der Waals surface area contributed by atoms with Gasteiger partial charge in [-0.2, -0.15) is 0 Å². The van der Waals surface area contributed by atoms with Crippen LogP contribution in [0.15, 0.2) is 12.1 Å². The Morgan fingerprint density at radius 3 is 2.56 bits per heavy atom. The van der Waals surface area contributed by atoms with Gasteiger partial charge in [0.2, 0.25) is 0 Å². The van der Waals surface area contributed by atoms with Crippen molar-refractivity contribution < 1.29 is 28.2 Å². The first-order valence-electron chi connectivity index (χ1n) is 7.68. The maximum atomic E-state index is 14.4. The molecule has 2 amide bonds. The molecular formula is C14H19FN4O5S. The number of hydrogen-bond acceptors (Lipinski definition) is 7. The van der Waals surface area contributed by atoms with Crippen molar-refractivity contribution >= 4 is 28.5 Å². The molecule has 0 radical (unpaired) electrons. The summed E-state index contributed by atoms with van der Waals surface area (Å²) in [6.07, 6.45) is 1.50. The Morgan fingerprint density at radius 2 is 2.00 bits per heavy atom. The molecule has 0 spiro atoms. The van der Waals surface area contributed by atoms with Gasteiger partial charge in [0.15, 0.2) is 5.82 Å². The van der Waals surface area contributed by atoms with E-state index in [-0.39, 0.29) is 11.6 Å². The number of benzene rings is 1. The van der Waals surface area contributed by atoms with Crippen LogP contribution in [0.2, 0.25) is 0 Å². The highest BCUT2D eigenvalue weighted by molar-refractivity contribution is 8.24. The van der Waals surface area contributed by atoms with E-state index in [1.54, 1.807) is 0 Å². The van der Waals surface area contributed by atoms with E-state index >= 15 is 0 Å². The lowest BCUT2D eigenvalue weighted by Crippen LogP contribution is -2.42. The van der Waals surface area contributed by atoms with Crippen molar-refractivity contribution in [1.82, 2.24) is 15.4 Å². The molecule has 1 aromatic rings. The summed E-state index contributed by atoms with van der Waals surface area (Å²) < 4.78 is 36.6. The number of piperidine rings is 1. The van der Waals surface area contributed by atoms with Crippen LogP contribution >= 0.6 is 11.0 Å². The highest BCUT2D eigenvalue weighted by Gasteiger charge is 2.38. The molecule has 138 valence electrons. The summed E-state index contributed by atoms with van der Waals surface area (Å²) in [6, 6.07) is 1.89. The maximum Gasteiger partial charge on any atom is 0.260 e. The second-order valence-corrected chi connectivity index (χ2v) is 7.59. The molecule has 0 aromatic heterocycles. The molecule has 25 heavy (non-hydrogen) atoms. The number of carbonyl (C=O) groups excluding carboxylic acids is 2. The van der Waals surface area contributed by atoms with E-state index in [1.165, 1.54) is 0 Å². The summed E-state index contributed by atoms with van der Waals surface area (Å²) in [7, 11) is -3.76. The molecule has 9 nitrogen and oxygen atoms in total. The predicted octanol–water partition coefficient (Wildman–Crippen LogP) is 0.530. The van der Waals surface area contributed by atoms with Crippen molar-refractivity contribution in [2.24, 2.45) is 0 Å². The summed E-state index contributed by atoms with van der Waals surface area (Å²) in [6.45, 7) is 1.03. The quantitative estimate of drug-likeness (QED) is 0.454. The zero-order chi connectivity index (χ0) is 18.2. The van der Waals surface area contributed by atoms with E-state index in [9.17, 15) is 28.2 Å². The first-order valence-corrected chi connectivity index (χ1v) is 9.19. The lowest BCUT2D eigenvalue weighted by molar-refractivity contribution is -0.117. The number of carbonyl (C=O) groups is 2. The summed E-state index contributed by atoms with van der Waals surface area (Å²) in [5.41, 5.74) is -0.635. The minimum atomic E-state index is -3.76. The van der Waals surface area contributed by atoms with Crippen LogP contribution in [-0.4, -0.2) is 51.7 Å². The smallest absolute Gasteiger partial charge is 0.260 e. The fourth-order valence-corrected chi connectivity index (χ4v) is 4.08. The van der Waals surface area contributed by atoms with Crippen LogP contribution in [0.5, 0.6) is 5.75 Å². The lowest BCUT2D eigenvalue weighted by Gasteiger charge is -2.36. The van der Waals surface area contributed by atoms with E-state index in [2.05, 4.69) is 10.6 Å². The Morgan fingerprint density at radius 1 is 1.32 bits per heavy atom. The number of nitrogens with one attached hydrogen (secondary N) is 3. The molecule has 1 aromatic carbocycles. The number of hydrogen-bond donors (Lipinski definition) is 6. The number of amides is 2. The number of rotatable bonds is 3. The highest BCUT2D eigenvalue weighted by atomic mass is 32.3. The fourth-order valence-electron chi connectivity index (χ4n) is 2.86. The van der Waals surface area contributed by atoms with Gasteiger partial charge >= 0.3 is 0 Å². The third-order valence-electron chi connectivity index (χ3n) is 4.07. The standard InChI is InChI=1S/C14H19FN4O5S/c15-10-5-8(14(22)17-9-1-3-16-4-2-9)6-11(20)13(10)19-7-12(21)18-25(19,23)24/h5-6,9,16,20,23-24H,1-4,7H2,(H,17,22)(H,18,21). The van der Waals surface area contributed by atoms with Gasteiger partial charge in [-0.1, -0.05) is 0 Å². The van der Waals surface area contributed by atoms with Crippen LogP contribution in [0.25, 0.3) is 0 Å². The van der Waals surface area contributed by atoms with Crippen molar-refractivity contribution in [3.8, 4) is 5.75 Å². The third-order valence-corrected chi connectivity index (χ3v) is 5.50. The van der Waals surface area contributed by atoms with E-state index in [0.29, 0.717) is 4.31 Å². The van der Waals surface area contributed by atoms with Crippen LogP contribution in [0.3, 0.4) is 0 Å². The van der Waals surface area contributed by atoms with Crippen LogP contribution in [0.4, 0.5) is 10.1 Å². The van der Waals surface area contributed by atoms with Crippen molar-refractivity contribution in [3.63, 3.8) is 0 Å². The first kappa shape index (κ1) is 17.7. The Kier molecular flexibility index (Phi) is 4.73. The second kappa shape index (κ2) is 6.67. The van der Waals surface area contributed by atoms with Gasteiger partial charge in [0, 0.05) is 11.6 Å². The average molecular weight is 374 g/mol. The van der Waals surface area contributed by atoms with Gasteiger partial charge in [0.1, 0.15) is 18.0 Å². The van der Waals surface area contributed by atoms with Crippen molar-refractivity contribution in [3.05, 3.63) is 23.5 Å². The average Bonchev–Trinajstić information content (AvgIpc) is 2.80. The molecule has 2 aliphatic heterocycles. The molecule has 0 unspecified atom stereocenters. The maximum absolute atomic E-state index is 14.4. The lowest BCUT2D eigenvalue weighted by atomic mass is 10.1. The third kappa shape index (κ3) is 3.63. The highest BCUT2D eigenvalue weighted by Crippen LogP contribution is 2.49. The van der Waals surface area contributed by atoms with Gasteiger partial charge in [-0.25, -0.2) is 13.4 Å². The fraction of sp³-hybridized carbons (Fsp3) is 0.429. The zero-order valence-corrected chi connectivity index (χ0v) is 14.0. The molecule has 2 heterocycles. The number of anilines is 1. The van der Waals surface area contributed by atoms with E-state index < -0.39 is 46.6 Å². The molecule has 2 saturated heterocycles. The normalized spacial score (nSPS) is 21.7. The molecule has 3 rings (SSSR count). The minimum absolute atomic E-state index is 0.0361. The van der Waals surface area contributed by atoms with Gasteiger partial charge in [0.05, 0.1) is 0 Å². The first-order chi connectivity index (χ1) is 11.8. The zero-order valence-electron chi connectivity index (χ0n) is 13.2. The summed E-state index contributed by atoms with van der Waals surface area (Å²) >= 11 is 0. The van der Waals surface area contributed by atoms with E-state index in [0.717, 1.165) is 38.1 Å². The Labute approximate surface area is 144 Å². The summed E-state index contributed by atoms with van der Waals surface area (Å²) in [4.78, 5) is 23.6. The molecule has 2 fully saturated rings. The Balaban J connectivity index is 1.82. The number of halogens is 1. The van der Waals surface area contributed by atoms with Gasteiger partial charge in [-0.15, -0.1) is 0 Å². The SMILES string of the molecule is O=C1CN(c2c(O)cc(C(=O)NC3CCNCC3)cc2F)S(O)(O)N1. The summed E-state index contributed by atoms with van der Waals surface area (Å²) in [5, 5.41) is 16.0. The van der Waals surface area contributed by atoms with Crippen molar-refractivity contribution in [2.45, 2.75) is 18.9 Å². The summed E-state index contributed by atoms with van der Waals surface area (Å²) in [5.74, 6) is -2.94. The minimum Gasteiger partial charge on any atom is -0.506 e. The number of aromatic hydroxyl groups is 1. The molecule has 2 aliphatic rings. The van der Waals surface area contributed by atoms with Crippen LogP contribution in [0.1, 0.15) is 23.2 Å².